The first-order valence-corrected chi connectivity index (χ1v) is 11.5. The Balaban J connectivity index is 1.49. The maximum Gasteiger partial charge on any atom is 0.247 e. The van der Waals surface area contributed by atoms with Gasteiger partial charge >= 0.3 is 0 Å². The third kappa shape index (κ3) is 5.46. The number of amides is 1. The van der Waals surface area contributed by atoms with E-state index in [-0.39, 0.29) is 5.91 Å². The number of aromatic nitrogens is 2. The summed E-state index contributed by atoms with van der Waals surface area (Å²) in [6.07, 6.45) is 6.07. The van der Waals surface area contributed by atoms with Crippen molar-refractivity contribution in [3.8, 4) is 0 Å². The number of thioether (sulfide) groups is 1. The lowest BCUT2D eigenvalue weighted by atomic mass is 9.98. The SMILES string of the molecule is C=CC(=O)Nc1cccc(Nc2nc(Nc3ccc([C@H]4CCOC4)cc3)ncc2SC)c1. The van der Waals surface area contributed by atoms with Crippen LogP contribution in [0.2, 0.25) is 0 Å². The van der Waals surface area contributed by atoms with Crippen LogP contribution in [-0.2, 0) is 9.53 Å². The first-order chi connectivity index (χ1) is 15.6. The van der Waals surface area contributed by atoms with Gasteiger partial charge in [0.1, 0.15) is 5.82 Å². The zero-order valence-electron chi connectivity index (χ0n) is 17.8. The molecule has 3 N–H and O–H groups in total. The van der Waals surface area contributed by atoms with Crippen molar-refractivity contribution in [1.29, 1.82) is 0 Å². The summed E-state index contributed by atoms with van der Waals surface area (Å²) < 4.78 is 5.48. The molecule has 32 heavy (non-hydrogen) atoms. The number of hydrogen-bond acceptors (Lipinski definition) is 7. The Morgan fingerprint density at radius 2 is 1.97 bits per heavy atom. The van der Waals surface area contributed by atoms with Gasteiger partial charge in [-0.2, -0.15) is 4.98 Å². The van der Waals surface area contributed by atoms with E-state index < -0.39 is 0 Å². The molecule has 0 bridgehead atoms. The van der Waals surface area contributed by atoms with E-state index in [1.807, 2.05) is 42.7 Å². The number of nitrogens with zero attached hydrogens (tertiary/aromatic N) is 2. The lowest BCUT2D eigenvalue weighted by Gasteiger charge is -2.13. The number of ether oxygens (including phenoxy) is 1. The molecule has 7 nitrogen and oxygen atoms in total. The second-order valence-corrected chi connectivity index (χ2v) is 8.17. The van der Waals surface area contributed by atoms with Crippen LogP contribution in [0.1, 0.15) is 17.9 Å². The molecule has 1 aromatic heterocycles. The summed E-state index contributed by atoms with van der Waals surface area (Å²) in [5.41, 5.74) is 3.68. The summed E-state index contributed by atoms with van der Waals surface area (Å²) >= 11 is 1.55. The van der Waals surface area contributed by atoms with Crippen LogP contribution < -0.4 is 16.0 Å². The van der Waals surface area contributed by atoms with Crippen LogP contribution in [0.4, 0.5) is 28.8 Å². The minimum absolute atomic E-state index is 0.257. The molecule has 1 atom stereocenters. The number of carbonyl (C=O) groups is 1. The third-order valence-corrected chi connectivity index (χ3v) is 5.86. The zero-order chi connectivity index (χ0) is 22.3. The summed E-state index contributed by atoms with van der Waals surface area (Å²) in [4.78, 5) is 21.6. The highest BCUT2D eigenvalue weighted by Gasteiger charge is 2.17. The molecule has 3 aromatic rings. The minimum atomic E-state index is -0.257. The summed E-state index contributed by atoms with van der Waals surface area (Å²) in [5, 5.41) is 9.36. The summed E-state index contributed by atoms with van der Waals surface area (Å²) in [6.45, 7) is 5.10. The van der Waals surface area contributed by atoms with Crippen molar-refractivity contribution in [2.24, 2.45) is 0 Å². The molecular weight excluding hydrogens is 422 g/mol. The minimum Gasteiger partial charge on any atom is -0.381 e. The van der Waals surface area contributed by atoms with Crippen LogP contribution in [0, 0.1) is 0 Å². The van der Waals surface area contributed by atoms with Crippen LogP contribution in [-0.4, -0.2) is 35.3 Å². The van der Waals surface area contributed by atoms with Crippen molar-refractivity contribution in [3.05, 3.63) is 72.9 Å². The Kier molecular flexibility index (Phi) is 7.03. The van der Waals surface area contributed by atoms with Gasteiger partial charge in [0.05, 0.1) is 11.5 Å². The van der Waals surface area contributed by atoms with Gasteiger partial charge in [0.2, 0.25) is 11.9 Å². The third-order valence-electron chi connectivity index (χ3n) is 5.12. The molecule has 0 unspecified atom stereocenters. The first-order valence-electron chi connectivity index (χ1n) is 10.3. The van der Waals surface area contributed by atoms with E-state index in [1.54, 1.807) is 18.0 Å². The highest BCUT2D eigenvalue weighted by atomic mass is 32.2. The topological polar surface area (TPSA) is 88.2 Å². The van der Waals surface area contributed by atoms with Gasteiger partial charge in [-0.15, -0.1) is 11.8 Å². The molecule has 4 rings (SSSR count). The first kappa shape index (κ1) is 21.9. The summed E-state index contributed by atoms with van der Waals surface area (Å²) in [5.74, 6) is 1.40. The fourth-order valence-corrected chi connectivity index (χ4v) is 3.89. The standard InChI is InChI=1S/C24H25N5O2S/c1-3-22(30)26-19-5-4-6-20(13-19)27-23-21(32-2)14-25-24(29-23)28-18-9-7-16(8-10-18)17-11-12-31-15-17/h3-10,13-14,17H,1,11-12,15H2,2H3,(H,26,30)(H2,25,27,28,29)/t17-/m0/s1. The van der Waals surface area contributed by atoms with Gasteiger partial charge in [0, 0.05) is 35.8 Å². The van der Waals surface area contributed by atoms with Gasteiger partial charge in [-0.25, -0.2) is 4.98 Å². The predicted molar refractivity (Wildman–Crippen MR) is 130 cm³/mol. The second-order valence-electron chi connectivity index (χ2n) is 7.32. The van der Waals surface area contributed by atoms with Crippen molar-refractivity contribution in [2.45, 2.75) is 17.2 Å². The molecule has 0 aliphatic carbocycles. The lowest BCUT2D eigenvalue weighted by Crippen LogP contribution is -2.07. The normalized spacial score (nSPS) is 15.2. The van der Waals surface area contributed by atoms with Gasteiger partial charge in [-0.05, 0) is 54.6 Å². The number of anilines is 5. The van der Waals surface area contributed by atoms with E-state index in [2.05, 4.69) is 44.6 Å². The Morgan fingerprint density at radius 3 is 2.69 bits per heavy atom. The van der Waals surface area contributed by atoms with Crippen molar-refractivity contribution >= 4 is 46.5 Å². The summed E-state index contributed by atoms with van der Waals surface area (Å²) in [7, 11) is 0. The molecule has 1 aliphatic heterocycles. The lowest BCUT2D eigenvalue weighted by molar-refractivity contribution is -0.111. The van der Waals surface area contributed by atoms with Gasteiger partial charge < -0.3 is 20.7 Å². The monoisotopic (exact) mass is 447 g/mol. The largest absolute Gasteiger partial charge is 0.381 e. The van der Waals surface area contributed by atoms with E-state index in [4.69, 9.17) is 4.74 Å². The average molecular weight is 448 g/mol. The molecule has 0 radical (unpaired) electrons. The average Bonchev–Trinajstić information content (AvgIpc) is 3.35. The maximum absolute atomic E-state index is 11.6. The molecule has 1 aliphatic rings. The molecule has 8 heteroatoms. The highest BCUT2D eigenvalue weighted by molar-refractivity contribution is 7.98. The van der Waals surface area contributed by atoms with Crippen LogP contribution in [0.25, 0.3) is 0 Å². The van der Waals surface area contributed by atoms with Crippen molar-refractivity contribution in [2.75, 3.05) is 35.4 Å². The number of carbonyl (C=O) groups excluding carboxylic acids is 1. The fraction of sp³-hybridized carbons (Fsp3) is 0.208. The van der Waals surface area contributed by atoms with E-state index in [9.17, 15) is 4.79 Å². The van der Waals surface area contributed by atoms with Gasteiger partial charge in [-0.3, -0.25) is 4.79 Å². The Morgan fingerprint density at radius 1 is 1.16 bits per heavy atom. The van der Waals surface area contributed by atoms with Crippen LogP contribution >= 0.6 is 11.8 Å². The molecular formula is C24H25N5O2S. The van der Waals surface area contributed by atoms with Gasteiger partial charge in [0.15, 0.2) is 0 Å². The number of rotatable bonds is 8. The molecule has 1 fully saturated rings. The Bertz CT molecular complexity index is 1100. The molecule has 1 amide bonds. The fourth-order valence-electron chi connectivity index (χ4n) is 3.44. The molecule has 1 saturated heterocycles. The number of benzene rings is 2. The molecule has 2 aromatic carbocycles. The van der Waals surface area contributed by atoms with Crippen LogP contribution in [0.15, 0.2) is 72.3 Å². The molecule has 164 valence electrons. The zero-order valence-corrected chi connectivity index (χ0v) is 18.6. The number of hydrogen-bond donors (Lipinski definition) is 3. The maximum atomic E-state index is 11.6. The van der Waals surface area contributed by atoms with E-state index in [0.717, 1.165) is 35.9 Å². The van der Waals surface area contributed by atoms with Crippen molar-refractivity contribution in [1.82, 2.24) is 9.97 Å². The predicted octanol–water partition coefficient (Wildman–Crippen LogP) is 5.31. The Labute approximate surface area is 191 Å². The van der Waals surface area contributed by atoms with Crippen molar-refractivity contribution in [3.63, 3.8) is 0 Å². The number of nitrogens with one attached hydrogen (secondary N) is 3. The van der Waals surface area contributed by atoms with Crippen molar-refractivity contribution < 1.29 is 9.53 Å². The Hall–Kier alpha value is -3.36. The smallest absolute Gasteiger partial charge is 0.247 e. The summed E-state index contributed by atoms with van der Waals surface area (Å²) in [6, 6.07) is 15.8. The van der Waals surface area contributed by atoms with E-state index >= 15 is 0 Å². The van der Waals surface area contributed by atoms with E-state index in [0.29, 0.717) is 23.4 Å². The molecule has 0 spiro atoms. The molecule has 2 heterocycles. The van der Waals surface area contributed by atoms with Gasteiger partial charge in [0.25, 0.3) is 0 Å². The highest BCUT2D eigenvalue weighted by Crippen LogP contribution is 2.29. The second kappa shape index (κ2) is 10.3. The van der Waals surface area contributed by atoms with Gasteiger partial charge in [-0.1, -0.05) is 24.8 Å². The van der Waals surface area contributed by atoms with Crippen LogP contribution in [0.3, 0.4) is 0 Å². The van der Waals surface area contributed by atoms with Crippen LogP contribution in [0.5, 0.6) is 0 Å². The van der Waals surface area contributed by atoms with E-state index in [1.165, 1.54) is 11.6 Å². The quantitative estimate of drug-likeness (QED) is 0.318. The molecule has 0 saturated carbocycles.